The van der Waals surface area contributed by atoms with Crippen molar-refractivity contribution in [2.24, 2.45) is 0 Å². The summed E-state index contributed by atoms with van der Waals surface area (Å²) in [6, 6.07) is 24.9. The van der Waals surface area contributed by atoms with Gasteiger partial charge in [0.25, 0.3) is 0 Å². The zero-order valence-electron chi connectivity index (χ0n) is 15.6. The molecule has 0 saturated carbocycles. The number of pyridine rings is 1. The molecule has 0 amide bonds. The lowest BCUT2D eigenvalue weighted by atomic mass is 9.97. The van der Waals surface area contributed by atoms with Gasteiger partial charge in [-0.05, 0) is 28.5 Å². The van der Waals surface area contributed by atoms with E-state index in [9.17, 15) is 0 Å². The Balaban J connectivity index is 1.86. The van der Waals surface area contributed by atoms with E-state index in [4.69, 9.17) is 4.74 Å². The van der Waals surface area contributed by atoms with Crippen LogP contribution in [-0.2, 0) is 6.61 Å². The number of rotatable bonds is 5. The van der Waals surface area contributed by atoms with Crippen molar-refractivity contribution in [1.82, 2.24) is 4.98 Å². The largest absolute Gasteiger partial charge is 0.488 e. The highest BCUT2D eigenvalue weighted by atomic mass is 16.5. The van der Waals surface area contributed by atoms with E-state index in [1.54, 1.807) is 0 Å². The van der Waals surface area contributed by atoms with Crippen molar-refractivity contribution in [3.8, 4) is 16.9 Å². The Bertz CT molecular complexity index is 1060. The molecule has 0 radical (unpaired) electrons. The zero-order chi connectivity index (χ0) is 18.6. The molecule has 0 aliphatic rings. The first-order valence-corrected chi connectivity index (χ1v) is 9.04. The number of hydrogen-bond acceptors (Lipinski definition) is 3. The van der Waals surface area contributed by atoms with Crippen LogP contribution in [0, 0.1) is 0 Å². The minimum absolute atomic E-state index is 0.531. The Hall–Kier alpha value is -3.33. The maximum absolute atomic E-state index is 6.27. The van der Waals surface area contributed by atoms with Crippen molar-refractivity contribution < 1.29 is 4.74 Å². The summed E-state index contributed by atoms with van der Waals surface area (Å²) in [7, 11) is 4.10. The highest BCUT2D eigenvalue weighted by molar-refractivity contribution is 6.02. The molecule has 3 heteroatoms. The topological polar surface area (TPSA) is 25.4 Å². The standard InChI is InChI=1S/C24H22N2O/c1-26(2)22-14-15-25-16-21(22)24-20-11-7-6-10-19(20)12-13-23(24)27-17-18-8-4-3-5-9-18/h3-16H,17H2,1-2H3. The van der Waals surface area contributed by atoms with Crippen LogP contribution in [0.1, 0.15) is 5.56 Å². The van der Waals surface area contributed by atoms with Gasteiger partial charge in [-0.15, -0.1) is 0 Å². The molecule has 0 aliphatic carbocycles. The van der Waals surface area contributed by atoms with Crippen LogP contribution < -0.4 is 9.64 Å². The van der Waals surface area contributed by atoms with Crippen LogP contribution in [-0.4, -0.2) is 19.1 Å². The van der Waals surface area contributed by atoms with Gasteiger partial charge in [-0.2, -0.15) is 0 Å². The van der Waals surface area contributed by atoms with E-state index < -0.39 is 0 Å². The van der Waals surface area contributed by atoms with Crippen LogP contribution in [0.25, 0.3) is 21.9 Å². The number of benzene rings is 3. The second-order valence-corrected chi connectivity index (χ2v) is 6.72. The lowest BCUT2D eigenvalue weighted by molar-refractivity contribution is 0.308. The van der Waals surface area contributed by atoms with Crippen molar-refractivity contribution in [3.63, 3.8) is 0 Å². The number of anilines is 1. The summed E-state index contributed by atoms with van der Waals surface area (Å²) in [6.07, 6.45) is 3.75. The van der Waals surface area contributed by atoms with Gasteiger partial charge in [-0.25, -0.2) is 0 Å². The Morgan fingerprint density at radius 3 is 2.44 bits per heavy atom. The number of aromatic nitrogens is 1. The predicted octanol–water partition coefficient (Wildman–Crippen LogP) is 5.55. The van der Waals surface area contributed by atoms with Gasteiger partial charge in [-0.1, -0.05) is 60.7 Å². The summed E-state index contributed by atoms with van der Waals surface area (Å²) in [5.41, 5.74) is 4.42. The summed E-state index contributed by atoms with van der Waals surface area (Å²) < 4.78 is 6.27. The Morgan fingerprint density at radius 1 is 0.852 bits per heavy atom. The summed E-state index contributed by atoms with van der Waals surface area (Å²) in [5.74, 6) is 0.869. The minimum Gasteiger partial charge on any atom is -0.488 e. The van der Waals surface area contributed by atoms with Crippen LogP contribution in [0.2, 0.25) is 0 Å². The molecule has 4 aromatic rings. The number of ether oxygens (including phenoxy) is 1. The van der Waals surface area contributed by atoms with Gasteiger partial charge in [0.15, 0.2) is 0 Å². The van der Waals surface area contributed by atoms with E-state index >= 15 is 0 Å². The van der Waals surface area contributed by atoms with Crippen LogP contribution in [0.4, 0.5) is 5.69 Å². The monoisotopic (exact) mass is 354 g/mol. The molecule has 0 bridgehead atoms. The fourth-order valence-corrected chi connectivity index (χ4v) is 3.35. The summed E-state index contributed by atoms with van der Waals surface area (Å²) >= 11 is 0. The zero-order valence-corrected chi connectivity index (χ0v) is 15.6. The van der Waals surface area contributed by atoms with Crippen molar-refractivity contribution in [2.45, 2.75) is 6.61 Å². The maximum atomic E-state index is 6.27. The molecule has 1 aromatic heterocycles. The molecule has 0 spiro atoms. The van der Waals surface area contributed by atoms with E-state index in [2.05, 4.69) is 72.5 Å². The fraction of sp³-hybridized carbons (Fsp3) is 0.125. The van der Waals surface area contributed by atoms with Gasteiger partial charge < -0.3 is 9.64 Å². The molecule has 0 fully saturated rings. The number of nitrogens with zero attached hydrogens (tertiary/aromatic N) is 2. The van der Waals surface area contributed by atoms with Crippen LogP contribution in [0.3, 0.4) is 0 Å². The number of hydrogen-bond donors (Lipinski definition) is 0. The van der Waals surface area contributed by atoms with E-state index in [0.29, 0.717) is 6.61 Å². The van der Waals surface area contributed by atoms with Gasteiger partial charge in [-0.3, -0.25) is 4.98 Å². The molecule has 134 valence electrons. The van der Waals surface area contributed by atoms with Crippen molar-refractivity contribution in [1.29, 1.82) is 0 Å². The smallest absolute Gasteiger partial charge is 0.128 e. The first kappa shape index (κ1) is 17.1. The van der Waals surface area contributed by atoms with E-state index in [1.165, 1.54) is 10.8 Å². The maximum Gasteiger partial charge on any atom is 0.128 e. The molecule has 0 atom stereocenters. The van der Waals surface area contributed by atoms with Crippen LogP contribution in [0.15, 0.2) is 85.2 Å². The summed E-state index contributed by atoms with van der Waals surface area (Å²) in [5, 5.41) is 2.35. The van der Waals surface area contributed by atoms with Crippen LogP contribution in [0.5, 0.6) is 5.75 Å². The van der Waals surface area contributed by atoms with Crippen molar-refractivity contribution in [3.05, 3.63) is 90.8 Å². The van der Waals surface area contributed by atoms with Gasteiger partial charge in [0, 0.05) is 43.3 Å². The van der Waals surface area contributed by atoms with E-state index in [1.807, 2.05) is 36.7 Å². The highest BCUT2D eigenvalue weighted by Gasteiger charge is 2.16. The predicted molar refractivity (Wildman–Crippen MR) is 112 cm³/mol. The third-order valence-corrected chi connectivity index (χ3v) is 4.68. The third-order valence-electron chi connectivity index (χ3n) is 4.68. The van der Waals surface area contributed by atoms with E-state index in [-0.39, 0.29) is 0 Å². The van der Waals surface area contributed by atoms with Crippen molar-refractivity contribution >= 4 is 16.5 Å². The first-order valence-electron chi connectivity index (χ1n) is 9.04. The summed E-state index contributed by atoms with van der Waals surface area (Å²) in [4.78, 5) is 6.50. The fourth-order valence-electron chi connectivity index (χ4n) is 3.35. The molecule has 0 aliphatic heterocycles. The molecule has 1 heterocycles. The Morgan fingerprint density at radius 2 is 1.63 bits per heavy atom. The quantitative estimate of drug-likeness (QED) is 0.470. The second-order valence-electron chi connectivity index (χ2n) is 6.72. The first-order chi connectivity index (χ1) is 13.2. The SMILES string of the molecule is CN(C)c1ccncc1-c1c(OCc2ccccc2)ccc2ccccc12. The van der Waals surface area contributed by atoms with Gasteiger partial charge in [0.2, 0.25) is 0 Å². The molecule has 4 rings (SSSR count). The second kappa shape index (κ2) is 7.50. The van der Waals surface area contributed by atoms with Gasteiger partial charge in [0.1, 0.15) is 12.4 Å². The highest BCUT2D eigenvalue weighted by Crippen LogP contribution is 2.41. The average molecular weight is 354 g/mol. The molecule has 3 nitrogen and oxygen atoms in total. The van der Waals surface area contributed by atoms with Gasteiger partial charge >= 0.3 is 0 Å². The lowest BCUT2D eigenvalue weighted by Gasteiger charge is -2.20. The Kier molecular flexibility index (Phi) is 4.75. The third kappa shape index (κ3) is 3.49. The lowest BCUT2D eigenvalue weighted by Crippen LogP contribution is -2.10. The average Bonchev–Trinajstić information content (AvgIpc) is 2.72. The molecule has 0 unspecified atom stereocenters. The molecular formula is C24H22N2O. The summed E-state index contributed by atoms with van der Waals surface area (Å²) in [6.45, 7) is 0.531. The molecule has 27 heavy (non-hydrogen) atoms. The van der Waals surface area contributed by atoms with E-state index in [0.717, 1.165) is 28.1 Å². The Labute approximate surface area is 159 Å². The van der Waals surface area contributed by atoms with Crippen molar-refractivity contribution in [2.75, 3.05) is 19.0 Å². The normalized spacial score (nSPS) is 10.7. The molecule has 3 aromatic carbocycles. The molecule has 0 saturated heterocycles. The van der Waals surface area contributed by atoms with Crippen LogP contribution >= 0.6 is 0 Å². The van der Waals surface area contributed by atoms with Gasteiger partial charge in [0.05, 0.1) is 0 Å². The molecule has 0 N–H and O–H groups in total. The molecular weight excluding hydrogens is 332 g/mol. The number of fused-ring (bicyclic) bond motifs is 1. The minimum atomic E-state index is 0.531.